The van der Waals surface area contributed by atoms with Gasteiger partial charge < -0.3 is 4.42 Å². The molecule has 0 saturated carbocycles. The summed E-state index contributed by atoms with van der Waals surface area (Å²) in [6.07, 6.45) is 1.63. The van der Waals surface area contributed by atoms with Gasteiger partial charge in [-0.15, -0.1) is 0 Å². The molecule has 0 aliphatic carbocycles. The van der Waals surface area contributed by atoms with Crippen molar-refractivity contribution >= 4 is 29.0 Å². The molecule has 2 heterocycles. The lowest BCUT2D eigenvalue weighted by atomic mass is 10.1. The smallest absolute Gasteiger partial charge is 0.293 e. The van der Waals surface area contributed by atoms with Gasteiger partial charge >= 0.3 is 0 Å². The Kier molecular flexibility index (Phi) is 4.69. The molecule has 4 rings (SSSR count). The molecule has 0 unspecified atom stereocenters. The van der Waals surface area contributed by atoms with Crippen molar-refractivity contribution in [3.63, 3.8) is 0 Å². The van der Waals surface area contributed by atoms with Crippen LogP contribution in [0.4, 0.5) is 4.79 Å². The molecule has 1 aromatic heterocycles. The van der Waals surface area contributed by atoms with Crippen LogP contribution in [-0.4, -0.2) is 16.0 Å². The molecule has 1 fully saturated rings. The first-order valence-corrected chi connectivity index (χ1v) is 9.38. The largest absolute Gasteiger partial charge is 0.457 e. The summed E-state index contributed by atoms with van der Waals surface area (Å²) in [5, 5.41) is -0.262. The molecule has 4 nitrogen and oxygen atoms in total. The van der Waals surface area contributed by atoms with E-state index in [2.05, 4.69) is 0 Å². The Labute approximate surface area is 161 Å². The number of benzene rings is 2. The van der Waals surface area contributed by atoms with Gasteiger partial charge in [0.15, 0.2) is 0 Å². The lowest BCUT2D eigenvalue weighted by Gasteiger charge is -2.12. The molecule has 1 saturated heterocycles. The fourth-order valence-electron chi connectivity index (χ4n) is 2.83. The number of amides is 2. The Morgan fingerprint density at radius 3 is 2.44 bits per heavy atom. The van der Waals surface area contributed by atoms with E-state index in [1.165, 1.54) is 4.90 Å². The lowest BCUT2D eigenvalue weighted by molar-refractivity contribution is -0.123. The van der Waals surface area contributed by atoms with Crippen molar-refractivity contribution in [2.45, 2.75) is 13.5 Å². The zero-order valence-electron chi connectivity index (χ0n) is 14.7. The van der Waals surface area contributed by atoms with Crippen molar-refractivity contribution in [1.29, 1.82) is 0 Å². The first kappa shape index (κ1) is 17.4. The molecule has 0 N–H and O–H groups in total. The molecule has 27 heavy (non-hydrogen) atoms. The minimum atomic E-state index is -0.289. The zero-order chi connectivity index (χ0) is 18.8. The topological polar surface area (TPSA) is 50.5 Å². The monoisotopic (exact) mass is 375 g/mol. The van der Waals surface area contributed by atoms with Crippen LogP contribution in [0.5, 0.6) is 0 Å². The molecule has 0 radical (unpaired) electrons. The SMILES string of the molecule is Cc1ccc(CN2C(=O)S/C(=C\c3ccc(-c4ccccc4)o3)C2=O)cc1. The summed E-state index contributed by atoms with van der Waals surface area (Å²) in [6.45, 7) is 2.27. The molecule has 3 aromatic rings. The molecule has 2 aromatic carbocycles. The molecule has 0 spiro atoms. The molecule has 1 aliphatic rings. The molecule has 134 valence electrons. The Morgan fingerprint density at radius 2 is 1.70 bits per heavy atom. The number of imide groups is 1. The third-order valence-electron chi connectivity index (χ3n) is 4.29. The maximum absolute atomic E-state index is 12.6. The van der Waals surface area contributed by atoms with Gasteiger partial charge in [0.2, 0.25) is 0 Å². The summed E-state index contributed by atoms with van der Waals surface area (Å²) >= 11 is 0.943. The van der Waals surface area contributed by atoms with Crippen LogP contribution in [0.25, 0.3) is 17.4 Å². The van der Waals surface area contributed by atoms with E-state index in [1.807, 2.05) is 67.6 Å². The number of thioether (sulfide) groups is 1. The van der Waals surface area contributed by atoms with E-state index in [0.717, 1.165) is 34.2 Å². The maximum atomic E-state index is 12.6. The quantitative estimate of drug-likeness (QED) is 0.566. The number of aryl methyl sites for hydroxylation is 1. The highest BCUT2D eigenvalue weighted by molar-refractivity contribution is 8.18. The van der Waals surface area contributed by atoms with Gasteiger partial charge in [-0.1, -0.05) is 60.2 Å². The predicted octanol–water partition coefficient (Wildman–Crippen LogP) is 5.49. The Morgan fingerprint density at radius 1 is 0.963 bits per heavy atom. The molecule has 0 bridgehead atoms. The summed E-state index contributed by atoms with van der Waals surface area (Å²) in [6, 6.07) is 21.2. The van der Waals surface area contributed by atoms with Gasteiger partial charge in [0.05, 0.1) is 11.4 Å². The van der Waals surface area contributed by atoms with Crippen LogP contribution < -0.4 is 0 Å². The summed E-state index contributed by atoms with van der Waals surface area (Å²) in [4.78, 5) is 26.6. The van der Waals surface area contributed by atoms with Crippen LogP contribution in [0.2, 0.25) is 0 Å². The summed E-state index contributed by atoms with van der Waals surface area (Å²) in [5.74, 6) is 0.985. The van der Waals surface area contributed by atoms with Gasteiger partial charge in [-0.25, -0.2) is 0 Å². The van der Waals surface area contributed by atoms with Crippen molar-refractivity contribution in [1.82, 2.24) is 4.90 Å². The first-order chi connectivity index (χ1) is 13.1. The number of furan rings is 1. The fraction of sp³-hybridized carbons (Fsp3) is 0.0909. The van der Waals surface area contributed by atoms with Crippen LogP contribution in [0, 0.1) is 6.92 Å². The van der Waals surface area contributed by atoms with E-state index in [-0.39, 0.29) is 17.7 Å². The number of rotatable bonds is 4. The van der Waals surface area contributed by atoms with E-state index in [4.69, 9.17) is 4.42 Å². The Hall–Kier alpha value is -3.05. The lowest BCUT2D eigenvalue weighted by Crippen LogP contribution is -2.27. The van der Waals surface area contributed by atoms with Crippen LogP contribution in [-0.2, 0) is 11.3 Å². The van der Waals surface area contributed by atoms with Crippen LogP contribution in [0.1, 0.15) is 16.9 Å². The van der Waals surface area contributed by atoms with Gasteiger partial charge in [0, 0.05) is 11.6 Å². The van der Waals surface area contributed by atoms with Crippen molar-refractivity contribution < 1.29 is 14.0 Å². The van der Waals surface area contributed by atoms with Crippen LogP contribution >= 0.6 is 11.8 Å². The van der Waals surface area contributed by atoms with Crippen molar-refractivity contribution in [3.8, 4) is 11.3 Å². The minimum Gasteiger partial charge on any atom is -0.457 e. The van der Waals surface area contributed by atoms with Crippen molar-refractivity contribution in [3.05, 3.63) is 88.5 Å². The van der Waals surface area contributed by atoms with Crippen LogP contribution in [0.15, 0.2) is 76.1 Å². The Bertz CT molecular complexity index is 1020. The molecule has 1 aliphatic heterocycles. The second kappa shape index (κ2) is 7.29. The van der Waals surface area contributed by atoms with Gasteiger partial charge in [0.25, 0.3) is 11.1 Å². The number of hydrogen-bond donors (Lipinski definition) is 0. The van der Waals surface area contributed by atoms with Gasteiger partial charge in [-0.2, -0.15) is 0 Å². The van der Waals surface area contributed by atoms with E-state index < -0.39 is 0 Å². The molecule has 5 heteroatoms. The summed E-state index contributed by atoms with van der Waals surface area (Å²) in [7, 11) is 0. The van der Waals surface area contributed by atoms with Crippen molar-refractivity contribution in [2.24, 2.45) is 0 Å². The zero-order valence-corrected chi connectivity index (χ0v) is 15.5. The van der Waals surface area contributed by atoms with Gasteiger partial charge in [-0.3, -0.25) is 14.5 Å². The highest BCUT2D eigenvalue weighted by atomic mass is 32.2. The highest BCUT2D eigenvalue weighted by Crippen LogP contribution is 2.34. The number of hydrogen-bond acceptors (Lipinski definition) is 4. The van der Waals surface area contributed by atoms with Gasteiger partial charge in [0.1, 0.15) is 11.5 Å². The number of carbonyl (C=O) groups is 2. The Balaban J connectivity index is 1.53. The van der Waals surface area contributed by atoms with Gasteiger partial charge in [-0.05, 0) is 36.4 Å². The normalized spacial score (nSPS) is 15.7. The molecule has 0 atom stereocenters. The third-order valence-corrected chi connectivity index (χ3v) is 5.20. The average Bonchev–Trinajstić information content (AvgIpc) is 3.25. The highest BCUT2D eigenvalue weighted by Gasteiger charge is 2.35. The summed E-state index contributed by atoms with van der Waals surface area (Å²) < 4.78 is 5.81. The maximum Gasteiger partial charge on any atom is 0.293 e. The second-order valence-corrected chi connectivity index (χ2v) is 7.31. The van der Waals surface area contributed by atoms with Crippen LogP contribution in [0.3, 0.4) is 0 Å². The molecular formula is C22H17NO3S. The average molecular weight is 375 g/mol. The number of carbonyl (C=O) groups excluding carboxylic acids is 2. The van der Waals surface area contributed by atoms with E-state index in [9.17, 15) is 9.59 Å². The van der Waals surface area contributed by atoms with Crippen molar-refractivity contribution in [2.75, 3.05) is 0 Å². The molecular weight excluding hydrogens is 358 g/mol. The van der Waals surface area contributed by atoms with E-state index in [0.29, 0.717) is 10.7 Å². The minimum absolute atomic E-state index is 0.262. The second-order valence-electron chi connectivity index (χ2n) is 6.32. The molecule has 2 amide bonds. The standard InChI is InChI=1S/C22H17NO3S/c1-15-7-9-16(10-8-15)14-23-21(24)20(27-22(23)25)13-18-11-12-19(26-18)17-5-3-2-4-6-17/h2-13H,14H2,1H3/b20-13-. The third kappa shape index (κ3) is 3.73. The first-order valence-electron chi connectivity index (χ1n) is 8.56. The summed E-state index contributed by atoms with van der Waals surface area (Å²) in [5.41, 5.74) is 3.03. The van der Waals surface area contributed by atoms with E-state index in [1.54, 1.807) is 12.1 Å². The fourth-order valence-corrected chi connectivity index (χ4v) is 3.65. The number of nitrogens with zero attached hydrogens (tertiary/aromatic N) is 1. The van der Waals surface area contributed by atoms with E-state index >= 15 is 0 Å². The predicted molar refractivity (Wildman–Crippen MR) is 107 cm³/mol.